The molecule has 0 bridgehead atoms. The molecule has 0 radical (unpaired) electrons. The monoisotopic (exact) mass is 409 g/mol. The number of fused-ring (bicyclic) bond motifs is 1. The van der Waals surface area contributed by atoms with Gasteiger partial charge in [0.1, 0.15) is 0 Å². The quantitative estimate of drug-likeness (QED) is 0.701. The van der Waals surface area contributed by atoms with Gasteiger partial charge in [-0.25, -0.2) is 8.42 Å². The van der Waals surface area contributed by atoms with Gasteiger partial charge in [0.05, 0.1) is 10.4 Å². The lowest BCUT2D eigenvalue weighted by atomic mass is 10.1. The zero-order valence-electron chi connectivity index (χ0n) is 16.0. The van der Waals surface area contributed by atoms with Gasteiger partial charge in [-0.1, -0.05) is 30.7 Å². The molecular formula is C22H23N3O3S. The Kier molecular flexibility index (Phi) is 5.60. The van der Waals surface area contributed by atoms with Crippen molar-refractivity contribution < 1.29 is 13.2 Å². The van der Waals surface area contributed by atoms with Crippen LogP contribution in [0.15, 0.2) is 65.7 Å². The van der Waals surface area contributed by atoms with E-state index >= 15 is 0 Å². The second kappa shape index (κ2) is 8.31. The molecule has 0 saturated carbocycles. The Hall–Kier alpha value is -2.77. The number of hydrogen-bond donors (Lipinski definition) is 1. The van der Waals surface area contributed by atoms with Crippen LogP contribution < -0.4 is 5.32 Å². The third-order valence-corrected chi connectivity index (χ3v) is 7.09. The van der Waals surface area contributed by atoms with Gasteiger partial charge < -0.3 is 5.32 Å². The van der Waals surface area contributed by atoms with Gasteiger partial charge in [-0.15, -0.1) is 0 Å². The fraction of sp³-hybridized carbons (Fsp3) is 0.273. The number of sulfonamides is 1. The number of benzene rings is 2. The Labute approximate surface area is 170 Å². The average Bonchev–Trinajstić information content (AvgIpc) is 2.78. The molecule has 7 heteroatoms. The van der Waals surface area contributed by atoms with Gasteiger partial charge in [-0.2, -0.15) is 4.31 Å². The zero-order valence-corrected chi connectivity index (χ0v) is 16.9. The number of pyridine rings is 1. The number of nitrogens with zero attached hydrogens (tertiary/aromatic N) is 2. The molecule has 1 N–H and O–H groups in total. The molecule has 1 saturated heterocycles. The topological polar surface area (TPSA) is 79.4 Å². The normalized spacial score (nSPS) is 15.3. The van der Waals surface area contributed by atoms with Crippen LogP contribution in [0.25, 0.3) is 10.9 Å². The standard InChI is InChI=1S/C22H23N3O3S/c26-22(20-9-5-11-21-19(20)10-6-12-23-21)24-16-17-7-4-8-18(15-17)29(27,28)25-13-2-1-3-14-25/h4-12,15H,1-3,13-14,16H2,(H,24,26). The molecule has 1 aliphatic heterocycles. The number of carbonyl (C=O) groups is 1. The number of rotatable bonds is 5. The first-order valence-corrected chi connectivity index (χ1v) is 11.2. The summed E-state index contributed by atoms with van der Waals surface area (Å²) in [4.78, 5) is 17.2. The van der Waals surface area contributed by atoms with E-state index in [1.165, 1.54) is 0 Å². The Balaban J connectivity index is 1.50. The van der Waals surface area contributed by atoms with Crippen LogP contribution in [0, 0.1) is 0 Å². The van der Waals surface area contributed by atoms with Crippen molar-refractivity contribution in [1.82, 2.24) is 14.6 Å². The predicted octanol–water partition coefficient (Wildman–Crippen LogP) is 3.34. The Morgan fingerprint density at radius 2 is 1.79 bits per heavy atom. The van der Waals surface area contributed by atoms with Crippen LogP contribution in [0.3, 0.4) is 0 Å². The smallest absolute Gasteiger partial charge is 0.252 e. The molecule has 0 unspecified atom stereocenters. The lowest BCUT2D eigenvalue weighted by Gasteiger charge is -2.26. The number of nitrogens with one attached hydrogen (secondary N) is 1. The van der Waals surface area contributed by atoms with E-state index in [9.17, 15) is 13.2 Å². The highest BCUT2D eigenvalue weighted by Crippen LogP contribution is 2.21. The maximum atomic E-state index is 12.9. The highest BCUT2D eigenvalue weighted by atomic mass is 32.2. The molecule has 150 valence electrons. The van der Waals surface area contributed by atoms with E-state index < -0.39 is 10.0 Å². The summed E-state index contributed by atoms with van der Waals surface area (Å²) in [6, 6.07) is 15.9. The van der Waals surface area contributed by atoms with Gasteiger partial charge in [0.2, 0.25) is 10.0 Å². The van der Waals surface area contributed by atoms with E-state index in [1.807, 2.05) is 18.2 Å². The molecule has 3 aromatic rings. The third kappa shape index (κ3) is 4.16. The Morgan fingerprint density at radius 3 is 2.62 bits per heavy atom. The molecule has 0 atom stereocenters. The zero-order chi connectivity index (χ0) is 20.3. The van der Waals surface area contributed by atoms with Gasteiger partial charge in [-0.05, 0) is 48.7 Å². The van der Waals surface area contributed by atoms with Crippen molar-refractivity contribution >= 4 is 26.8 Å². The van der Waals surface area contributed by atoms with E-state index in [-0.39, 0.29) is 17.3 Å². The van der Waals surface area contributed by atoms with E-state index in [0.717, 1.165) is 35.7 Å². The molecular weight excluding hydrogens is 386 g/mol. The minimum atomic E-state index is -3.49. The van der Waals surface area contributed by atoms with Crippen molar-refractivity contribution in [2.75, 3.05) is 13.1 Å². The summed E-state index contributed by atoms with van der Waals surface area (Å²) in [5.41, 5.74) is 2.05. The predicted molar refractivity (Wildman–Crippen MR) is 112 cm³/mol. The number of aromatic nitrogens is 1. The van der Waals surface area contributed by atoms with Gasteiger partial charge in [-0.3, -0.25) is 9.78 Å². The first-order valence-electron chi connectivity index (χ1n) is 9.77. The highest BCUT2D eigenvalue weighted by molar-refractivity contribution is 7.89. The van der Waals surface area contributed by atoms with Crippen LogP contribution in [0.2, 0.25) is 0 Å². The minimum absolute atomic E-state index is 0.215. The van der Waals surface area contributed by atoms with Crippen molar-refractivity contribution in [2.24, 2.45) is 0 Å². The first kappa shape index (κ1) is 19.5. The molecule has 1 fully saturated rings. The fourth-order valence-corrected chi connectivity index (χ4v) is 5.24. The summed E-state index contributed by atoms with van der Waals surface area (Å²) in [6.07, 6.45) is 4.56. The number of hydrogen-bond acceptors (Lipinski definition) is 4. The van der Waals surface area contributed by atoms with Crippen LogP contribution in [0.1, 0.15) is 35.2 Å². The molecule has 0 spiro atoms. The summed E-state index contributed by atoms with van der Waals surface area (Å²) in [5.74, 6) is -0.215. The molecule has 0 aliphatic carbocycles. The summed E-state index contributed by atoms with van der Waals surface area (Å²) < 4.78 is 27.3. The maximum Gasteiger partial charge on any atom is 0.252 e. The average molecular weight is 410 g/mol. The molecule has 2 aromatic carbocycles. The first-order chi connectivity index (χ1) is 14.1. The van der Waals surface area contributed by atoms with Crippen molar-refractivity contribution in [1.29, 1.82) is 0 Å². The molecule has 6 nitrogen and oxygen atoms in total. The van der Waals surface area contributed by atoms with Crippen LogP contribution in [-0.2, 0) is 16.6 Å². The summed E-state index contributed by atoms with van der Waals surface area (Å²) in [6.45, 7) is 1.38. The van der Waals surface area contributed by atoms with Gasteiger partial charge >= 0.3 is 0 Å². The lowest BCUT2D eigenvalue weighted by Crippen LogP contribution is -2.35. The molecule has 29 heavy (non-hydrogen) atoms. The van der Waals surface area contributed by atoms with Crippen molar-refractivity contribution in [3.8, 4) is 0 Å². The van der Waals surface area contributed by atoms with Crippen LogP contribution in [0.5, 0.6) is 0 Å². The molecule has 4 rings (SSSR count). The second-order valence-electron chi connectivity index (χ2n) is 7.17. The van der Waals surface area contributed by atoms with Crippen molar-refractivity contribution in [3.05, 3.63) is 71.9 Å². The van der Waals surface area contributed by atoms with Crippen LogP contribution in [0.4, 0.5) is 0 Å². The largest absolute Gasteiger partial charge is 0.348 e. The molecule has 1 aromatic heterocycles. The van der Waals surface area contributed by atoms with E-state index in [2.05, 4.69) is 10.3 Å². The molecule has 1 amide bonds. The van der Waals surface area contributed by atoms with E-state index in [4.69, 9.17) is 0 Å². The Morgan fingerprint density at radius 1 is 1.00 bits per heavy atom. The summed E-state index contributed by atoms with van der Waals surface area (Å²) in [5, 5.41) is 3.68. The maximum absolute atomic E-state index is 12.9. The van der Waals surface area contributed by atoms with Gasteiger partial charge in [0.15, 0.2) is 0 Å². The number of amides is 1. The SMILES string of the molecule is O=C(NCc1cccc(S(=O)(=O)N2CCCCC2)c1)c1cccc2ncccc12. The van der Waals surface area contributed by atoms with E-state index in [0.29, 0.717) is 18.7 Å². The van der Waals surface area contributed by atoms with Crippen LogP contribution in [-0.4, -0.2) is 36.7 Å². The summed E-state index contributed by atoms with van der Waals surface area (Å²) in [7, 11) is -3.49. The van der Waals surface area contributed by atoms with Gasteiger partial charge in [0.25, 0.3) is 5.91 Å². The van der Waals surface area contributed by atoms with Crippen molar-refractivity contribution in [3.63, 3.8) is 0 Å². The summed E-state index contributed by atoms with van der Waals surface area (Å²) >= 11 is 0. The van der Waals surface area contributed by atoms with Gasteiger partial charge in [0, 0.05) is 36.8 Å². The fourth-order valence-electron chi connectivity index (χ4n) is 3.65. The minimum Gasteiger partial charge on any atom is -0.348 e. The number of piperidine rings is 1. The molecule has 2 heterocycles. The van der Waals surface area contributed by atoms with Crippen molar-refractivity contribution in [2.45, 2.75) is 30.7 Å². The van der Waals surface area contributed by atoms with E-state index in [1.54, 1.807) is 46.9 Å². The molecule has 1 aliphatic rings. The number of carbonyl (C=O) groups excluding carboxylic acids is 1. The second-order valence-corrected chi connectivity index (χ2v) is 9.11. The third-order valence-electron chi connectivity index (χ3n) is 5.19. The Bertz CT molecular complexity index is 1130. The lowest BCUT2D eigenvalue weighted by molar-refractivity contribution is 0.0952. The highest BCUT2D eigenvalue weighted by Gasteiger charge is 2.26. The van der Waals surface area contributed by atoms with Crippen LogP contribution >= 0.6 is 0 Å².